The van der Waals surface area contributed by atoms with Crippen molar-refractivity contribution in [3.05, 3.63) is 65.8 Å². The molecule has 0 N–H and O–H groups in total. The van der Waals surface area contributed by atoms with Gasteiger partial charge in [0, 0.05) is 0 Å². The van der Waals surface area contributed by atoms with Crippen LogP contribution in [-0.4, -0.2) is 0 Å². The molecule has 0 heteroatoms. The number of rotatable bonds is 1. The van der Waals surface area contributed by atoms with E-state index in [9.17, 15) is 0 Å². The van der Waals surface area contributed by atoms with Gasteiger partial charge >= 0.3 is 0 Å². The van der Waals surface area contributed by atoms with Crippen molar-refractivity contribution in [2.45, 2.75) is 6.42 Å². The van der Waals surface area contributed by atoms with E-state index < -0.39 is 0 Å². The summed E-state index contributed by atoms with van der Waals surface area (Å²) in [6, 6.07) is 10.4. The minimum atomic E-state index is 1.05. The molecule has 1 aliphatic rings. The Morgan fingerprint density at radius 1 is 1.00 bits per heavy atom. The molecule has 0 aromatic heterocycles. The summed E-state index contributed by atoms with van der Waals surface area (Å²) in [5, 5.41) is 0. The van der Waals surface area contributed by atoms with Crippen LogP contribution in [0.1, 0.15) is 12.0 Å². The first-order valence-corrected chi connectivity index (χ1v) is 4.54. The van der Waals surface area contributed by atoms with Crippen LogP contribution in [0.25, 0.3) is 6.08 Å². The van der Waals surface area contributed by atoms with E-state index in [1.807, 2.05) is 6.07 Å². The van der Waals surface area contributed by atoms with E-state index in [0.29, 0.717) is 0 Å². The molecule has 0 amide bonds. The molecule has 0 fully saturated rings. The van der Waals surface area contributed by atoms with E-state index >= 15 is 0 Å². The molecule has 1 aromatic rings. The average molecular weight is 168 g/mol. The van der Waals surface area contributed by atoms with Gasteiger partial charge in [0.25, 0.3) is 0 Å². The van der Waals surface area contributed by atoms with Crippen LogP contribution < -0.4 is 0 Å². The van der Waals surface area contributed by atoms with Crippen LogP contribution >= 0.6 is 0 Å². The van der Waals surface area contributed by atoms with Crippen LogP contribution in [0.5, 0.6) is 0 Å². The van der Waals surface area contributed by atoms with Crippen LogP contribution in [0.15, 0.2) is 60.2 Å². The molecular weight excluding hydrogens is 156 g/mol. The van der Waals surface area contributed by atoms with Crippen molar-refractivity contribution in [3.63, 3.8) is 0 Å². The Hall–Kier alpha value is -1.56. The van der Waals surface area contributed by atoms with Crippen molar-refractivity contribution in [2.75, 3.05) is 0 Å². The van der Waals surface area contributed by atoms with Crippen molar-refractivity contribution < 1.29 is 0 Å². The first kappa shape index (κ1) is 8.06. The minimum absolute atomic E-state index is 1.05. The van der Waals surface area contributed by atoms with Crippen molar-refractivity contribution in [2.24, 2.45) is 0 Å². The maximum absolute atomic E-state index is 2.22. The second-order valence-electron chi connectivity index (χ2n) is 3.12. The van der Waals surface area contributed by atoms with Gasteiger partial charge in [-0.3, -0.25) is 0 Å². The van der Waals surface area contributed by atoms with Crippen LogP contribution in [0, 0.1) is 0 Å². The van der Waals surface area contributed by atoms with Crippen LogP contribution in [0.3, 0.4) is 0 Å². The summed E-state index contributed by atoms with van der Waals surface area (Å²) >= 11 is 0. The molecule has 0 saturated carbocycles. The Kier molecular flexibility index (Phi) is 2.42. The number of hydrogen-bond donors (Lipinski definition) is 0. The maximum atomic E-state index is 2.22. The summed E-state index contributed by atoms with van der Waals surface area (Å²) in [7, 11) is 0. The fraction of sp³-hybridized carbons (Fsp3) is 0.0769. The van der Waals surface area contributed by atoms with Crippen molar-refractivity contribution >= 4 is 6.08 Å². The average Bonchev–Trinajstić information content (AvgIpc) is 2.21. The molecular formula is C13H12. The predicted molar refractivity (Wildman–Crippen MR) is 57.3 cm³/mol. The molecule has 0 heterocycles. The van der Waals surface area contributed by atoms with Crippen molar-refractivity contribution in [1.29, 1.82) is 0 Å². The first-order valence-electron chi connectivity index (χ1n) is 4.54. The molecule has 0 bridgehead atoms. The Balaban J connectivity index is 2.21. The van der Waals surface area contributed by atoms with Crippen LogP contribution in [0.2, 0.25) is 0 Å². The number of hydrogen-bond acceptors (Lipinski definition) is 0. The smallest absolute Gasteiger partial charge is 0.00941 e. The zero-order valence-electron chi connectivity index (χ0n) is 7.48. The van der Waals surface area contributed by atoms with E-state index in [1.165, 1.54) is 11.1 Å². The second kappa shape index (κ2) is 3.90. The van der Waals surface area contributed by atoms with E-state index in [1.54, 1.807) is 0 Å². The lowest BCUT2D eigenvalue weighted by Gasteiger charge is -2.01. The van der Waals surface area contributed by atoms with Gasteiger partial charge in [0.1, 0.15) is 0 Å². The Bertz CT molecular complexity index is 353. The monoisotopic (exact) mass is 168 g/mol. The molecule has 0 saturated heterocycles. The second-order valence-corrected chi connectivity index (χ2v) is 3.12. The van der Waals surface area contributed by atoms with Gasteiger partial charge in [0.15, 0.2) is 0 Å². The summed E-state index contributed by atoms with van der Waals surface area (Å²) in [6.07, 6.45) is 11.8. The zero-order chi connectivity index (χ0) is 8.93. The lowest BCUT2D eigenvalue weighted by molar-refractivity contribution is 1.28. The van der Waals surface area contributed by atoms with Gasteiger partial charge in [-0.25, -0.2) is 0 Å². The molecule has 0 spiro atoms. The molecule has 64 valence electrons. The molecule has 0 nitrogen and oxygen atoms in total. The normalized spacial score (nSPS) is 18.0. The number of allylic oxidation sites excluding steroid dienone is 5. The fourth-order valence-electron chi connectivity index (χ4n) is 1.40. The van der Waals surface area contributed by atoms with Gasteiger partial charge in [0.05, 0.1) is 0 Å². The third kappa shape index (κ3) is 2.19. The summed E-state index contributed by atoms with van der Waals surface area (Å²) < 4.78 is 0. The van der Waals surface area contributed by atoms with E-state index in [2.05, 4.69) is 54.6 Å². The summed E-state index contributed by atoms with van der Waals surface area (Å²) in [5.41, 5.74) is 2.64. The van der Waals surface area contributed by atoms with Gasteiger partial charge in [0.2, 0.25) is 0 Å². The van der Waals surface area contributed by atoms with Crippen molar-refractivity contribution in [1.82, 2.24) is 0 Å². The summed E-state index contributed by atoms with van der Waals surface area (Å²) in [4.78, 5) is 0. The highest BCUT2D eigenvalue weighted by molar-refractivity contribution is 5.57. The molecule has 2 rings (SSSR count). The molecule has 0 aliphatic heterocycles. The lowest BCUT2D eigenvalue weighted by Crippen LogP contribution is -1.80. The molecule has 0 unspecified atom stereocenters. The molecule has 0 radical (unpaired) electrons. The van der Waals surface area contributed by atoms with Crippen molar-refractivity contribution in [3.8, 4) is 0 Å². The van der Waals surface area contributed by atoms with E-state index in [0.717, 1.165) is 6.42 Å². The topological polar surface area (TPSA) is 0 Å². The molecule has 1 aliphatic carbocycles. The summed E-state index contributed by atoms with van der Waals surface area (Å²) in [5.74, 6) is 0. The Morgan fingerprint density at radius 2 is 1.85 bits per heavy atom. The highest BCUT2D eigenvalue weighted by atomic mass is 14.0. The van der Waals surface area contributed by atoms with Gasteiger partial charge < -0.3 is 0 Å². The van der Waals surface area contributed by atoms with Gasteiger partial charge in [-0.05, 0) is 17.6 Å². The van der Waals surface area contributed by atoms with E-state index in [-0.39, 0.29) is 0 Å². The largest absolute Gasteiger partial charge is 0.0801 e. The SMILES string of the molecule is C1=CCC(=Cc2ccccc2)C=C1. The maximum Gasteiger partial charge on any atom is -0.00941 e. The highest BCUT2D eigenvalue weighted by Crippen LogP contribution is 2.14. The first-order chi connectivity index (χ1) is 6.45. The Morgan fingerprint density at radius 3 is 2.54 bits per heavy atom. The highest BCUT2D eigenvalue weighted by Gasteiger charge is 1.93. The third-order valence-corrected chi connectivity index (χ3v) is 2.06. The van der Waals surface area contributed by atoms with Crippen LogP contribution in [0.4, 0.5) is 0 Å². The lowest BCUT2D eigenvalue weighted by atomic mass is 10.0. The Labute approximate surface area is 78.9 Å². The molecule has 0 atom stereocenters. The zero-order valence-corrected chi connectivity index (χ0v) is 7.48. The van der Waals surface area contributed by atoms with E-state index in [4.69, 9.17) is 0 Å². The van der Waals surface area contributed by atoms with Gasteiger partial charge in [-0.2, -0.15) is 0 Å². The fourth-order valence-corrected chi connectivity index (χ4v) is 1.40. The predicted octanol–water partition coefficient (Wildman–Crippen LogP) is 3.59. The molecule has 1 aromatic carbocycles. The quantitative estimate of drug-likeness (QED) is 0.601. The number of benzene rings is 1. The van der Waals surface area contributed by atoms with Gasteiger partial charge in [-0.1, -0.05) is 60.7 Å². The minimum Gasteiger partial charge on any atom is -0.0801 e. The third-order valence-electron chi connectivity index (χ3n) is 2.06. The molecule has 13 heavy (non-hydrogen) atoms. The summed E-state index contributed by atoms with van der Waals surface area (Å²) in [6.45, 7) is 0. The standard InChI is InChI=1S/C13H12/c1-3-7-12(8-4-1)11-13-9-5-2-6-10-13/h1-9,11H,10H2. The van der Waals surface area contributed by atoms with Crippen LogP contribution in [-0.2, 0) is 0 Å². The van der Waals surface area contributed by atoms with Gasteiger partial charge in [-0.15, -0.1) is 0 Å².